The maximum Gasteiger partial charge on any atom is 0.223 e. The molecule has 0 aromatic heterocycles. The fraction of sp³-hybridized carbons (Fsp3) is 0.923. The number of carbonyl (C=O) groups is 1. The van der Waals surface area contributed by atoms with Crippen molar-refractivity contribution in [3.63, 3.8) is 0 Å². The molecule has 0 aromatic carbocycles. The largest absolute Gasteiger partial charge is 0.380 e. The first-order valence-electron chi connectivity index (χ1n) is 6.66. The van der Waals surface area contributed by atoms with Crippen molar-refractivity contribution < 1.29 is 9.53 Å². The average molecular weight is 257 g/mol. The number of amides is 1. The minimum absolute atomic E-state index is 0.130. The highest BCUT2D eigenvalue weighted by molar-refractivity contribution is 5.76. The lowest BCUT2D eigenvalue weighted by Gasteiger charge is -2.40. The summed E-state index contributed by atoms with van der Waals surface area (Å²) in [5, 5.41) is 0. The molecule has 2 N–H and O–H groups in total. The molecule has 0 bridgehead atoms. The second kappa shape index (κ2) is 7.07. The molecule has 1 fully saturated rings. The van der Waals surface area contributed by atoms with E-state index in [1.54, 1.807) is 26.1 Å². The Labute approximate surface area is 110 Å². The summed E-state index contributed by atoms with van der Waals surface area (Å²) in [5.41, 5.74) is 5.82. The predicted octanol–water partition coefficient (Wildman–Crippen LogP) is 0.149. The Bertz CT molecular complexity index is 271. The van der Waals surface area contributed by atoms with Crippen LogP contribution in [-0.2, 0) is 9.53 Å². The normalized spacial score (nSPS) is 26.9. The molecule has 1 heterocycles. The molecule has 0 aromatic rings. The van der Waals surface area contributed by atoms with Gasteiger partial charge < -0.3 is 15.4 Å². The minimum atomic E-state index is 0.130. The molecule has 0 radical (unpaired) electrons. The fourth-order valence-corrected chi connectivity index (χ4v) is 2.44. The van der Waals surface area contributed by atoms with Gasteiger partial charge in [0, 0.05) is 46.8 Å². The zero-order valence-corrected chi connectivity index (χ0v) is 12.1. The first-order chi connectivity index (χ1) is 8.49. The van der Waals surface area contributed by atoms with Crippen molar-refractivity contribution in [2.75, 3.05) is 40.8 Å². The van der Waals surface area contributed by atoms with Crippen LogP contribution in [0.4, 0.5) is 0 Å². The van der Waals surface area contributed by atoms with Crippen LogP contribution >= 0.6 is 0 Å². The maximum absolute atomic E-state index is 11.8. The summed E-state index contributed by atoms with van der Waals surface area (Å²) < 4.78 is 5.50. The summed E-state index contributed by atoms with van der Waals surface area (Å²) in [6.07, 6.45) is 1.85. The lowest BCUT2D eigenvalue weighted by atomic mass is 9.94. The molecule has 106 valence electrons. The van der Waals surface area contributed by atoms with Gasteiger partial charge in [-0.05, 0) is 18.9 Å². The van der Waals surface area contributed by atoms with Crippen molar-refractivity contribution in [2.24, 2.45) is 11.7 Å². The SMILES string of the molecule is COC1CN(C(CN)CC(=O)N(C)C)CCC1C. The quantitative estimate of drug-likeness (QED) is 0.761. The van der Waals surface area contributed by atoms with Crippen LogP contribution in [0.25, 0.3) is 0 Å². The van der Waals surface area contributed by atoms with Crippen LogP contribution in [0.2, 0.25) is 0 Å². The number of rotatable bonds is 5. The third-order valence-corrected chi connectivity index (χ3v) is 3.92. The van der Waals surface area contributed by atoms with Crippen LogP contribution in [0.3, 0.4) is 0 Å². The van der Waals surface area contributed by atoms with E-state index in [1.165, 1.54) is 0 Å². The number of methoxy groups -OCH3 is 1. The molecular weight excluding hydrogens is 230 g/mol. The fourth-order valence-electron chi connectivity index (χ4n) is 2.44. The molecule has 3 atom stereocenters. The van der Waals surface area contributed by atoms with Gasteiger partial charge in [-0.15, -0.1) is 0 Å². The topological polar surface area (TPSA) is 58.8 Å². The Morgan fingerprint density at radius 3 is 2.72 bits per heavy atom. The first kappa shape index (κ1) is 15.4. The van der Waals surface area contributed by atoms with Crippen LogP contribution in [0.5, 0.6) is 0 Å². The van der Waals surface area contributed by atoms with Crippen LogP contribution in [-0.4, -0.2) is 68.7 Å². The van der Waals surface area contributed by atoms with Crippen molar-refractivity contribution in [3.8, 4) is 0 Å². The maximum atomic E-state index is 11.8. The highest BCUT2D eigenvalue weighted by Gasteiger charge is 2.30. The molecule has 5 nitrogen and oxygen atoms in total. The van der Waals surface area contributed by atoms with Crippen molar-refractivity contribution in [3.05, 3.63) is 0 Å². The molecule has 1 rings (SSSR count). The summed E-state index contributed by atoms with van der Waals surface area (Å²) >= 11 is 0. The first-order valence-corrected chi connectivity index (χ1v) is 6.66. The Hall–Kier alpha value is -0.650. The zero-order chi connectivity index (χ0) is 13.7. The van der Waals surface area contributed by atoms with Gasteiger partial charge >= 0.3 is 0 Å². The number of hydrogen-bond donors (Lipinski definition) is 1. The van der Waals surface area contributed by atoms with Crippen LogP contribution in [0, 0.1) is 5.92 Å². The van der Waals surface area contributed by atoms with Gasteiger partial charge in [-0.1, -0.05) is 6.92 Å². The van der Waals surface area contributed by atoms with Crippen molar-refractivity contribution in [2.45, 2.75) is 31.9 Å². The minimum Gasteiger partial charge on any atom is -0.380 e. The number of nitrogens with zero attached hydrogens (tertiary/aromatic N) is 2. The van der Waals surface area contributed by atoms with E-state index in [9.17, 15) is 4.79 Å². The predicted molar refractivity (Wildman–Crippen MR) is 72.3 cm³/mol. The number of ether oxygens (including phenoxy) is 1. The van der Waals surface area contributed by atoms with E-state index < -0.39 is 0 Å². The van der Waals surface area contributed by atoms with Gasteiger partial charge in [-0.2, -0.15) is 0 Å². The van der Waals surface area contributed by atoms with Gasteiger partial charge in [0.15, 0.2) is 0 Å². The zero-order valence-electron chi connectivity index (χ0n) is 12.1. The van der Waals surface area contributed by atoms with E-state index >= 15 is 0 Å². The second-order valence-electron chi connectivity index (χ2n) is 5.42. The van der Waals surface area contributed by atoms with Crippen LogP contribution in [0.15, 0.2) is 0 Å². The average Bonchev–Trinajstić information content (AvgIpc) is 2.36. The van der Waals surface area contributed by atoms with E-state index in [-0.39, 0.29) is 18.1 Å². The van der Waals surface area contributed by atoms with Gasteiger partial charge in [0.2, 0.25) is 5.91 Å². The van der Waals surface area contributed by atoms with Crippen molar-refractivity contribution >= 4 is 5.91 Å². The number of nitrogens with two attached hydrogens (primary N) is 1. The van der Waals surface area contributed by atoms with Gasteiger partial charge in [0.05, 0.1) is 6.10 Å². The van der Waals surface area contributed by atoms with E-state index in [1.807, 2.05) is 0 Å². The smallest absolute Gasteiger partial charge is 0.223 e. The summed E-state index contributed by atoms with van der Waals surface area (Å²) in [6, 6.07) is 0.130. The van der Waals surface area contributed by atoms with Gasteiger partial charge in [-0.3, -0.25) is 9.69 Å². The lowest BCUT2D eigenvalue weighted by molar-refractivity contribution is -0.130. The van der Waals surface area contributed by atoms with Gasteiger partial charge in [0.1, 0.15) is 0 Å². The van der Waals surface area contributed by atoms with E-state index in [0.717, 1.165) is 19.5 Å². The molecule has 18 heavy (non-hydrogen) atoms. The Kier molecular flexibility index (Phi) is 6.05. The second-order valence-corrected chi connectivity index (χ2v) is 5.42. The Balaban J connectivity index is 2.57. The van der Waals surface area contributed by atoms with Crippen LogP contribution in [0.1, 0.15) is 19.8 Å². The van der Waals surface area contributed by atoms with E-state index in [4.69, 9.17) is 10.5 Å². The van der Waals surface area contributed by atoms with Gasteiger partial charge in [-0.25, -0.2) is 0 Å². The third kappa shape index (κ3) is 3.93. The Morgan fingerprint density at radius 1 is 1.56 bits per heavy atom. The summed E-state index contributed by atoms with van der Waals surface area (Å²) in [5.74, 6) is 0.715. The Morgan fingerprint density at radius 2 is 2.22 bits per heavy atom. The molecule has 0 saturated carbocycles. The molecule has 0 aliphatic carbocycles. The summed E-state index contributed by atoms with van der Waals surface area (Å²) in [4.78, 5) is 15.7. The molecule has 1 saturated heterocycles. The van der Waals surface area contributed by atoms with Crippen molar-refractivity contribution in [1.82, 2.24) is 9.80 Å². The standard InChI is InChI=1S/C13H27N3O2/c1-10-5-6-16(9-12(10)18-4)11(8-14)7-13(17)15(2)3/h10-12H,5-9,14H2,1-4H3. The number of likely N-dealkylation sites (tertiary alicyclic amines) is 1. The van der Waals surface area contributed by atoms with E-state index in [0.29, 0.717) is 18.9 Å². The van der Waals surface area contributed by atoms with Crippen molar-refractivity contribution in [1.29, 1.82) is 0 Å². The van der Waals surface area contributed by atoms with E-state index in [2.05, 4.69) is 11.8 Å². The number of hydrogen-bond acceptors (Lipinski definition) is 4. The van der Waals surface area contributed by atoms with Gasteiger partial charge in [0.25, 0.3) is 0 Å². The highest BCUT2D eigenvalue weighted by atomic mass is 16.5. The molecule has 0 spiro atoms. The molecule has 1 amide bonds. The highest BCUT2D eigenvalue weighted by Crippen LogP contribution is 2.21. The van der Waals surface area contributed by atoms with Crippen LogP contribution < -0.4 is 5.73 Å². The summed E-state index contributed by atoms with van der Waals surface area (Å²) in [7, 11) is 5.32. The number of carbonyl (C=O) groups excluding carboxylic acids is 1. The summed E-state index contributed by atoms with van der Waals surface area (Å²) in [6.45, 7) is 4.61. The third-order valence-electron chi connectivity index (χ3n) is 3.92. The molecule has 5 heteroatoms. The molecular formula is C13H27N3O2. The number of piperidine rings is 1. The molecule has 3 unspecified atom stereocenters. The monoisotopic (exact) mass is 257 g/mol. The lowest BCUT2D eigenvalue weighted by Crippen LogP contribution is -2.52. The molecule has 1 aliphatic heterocycles. The molecule has 1 aliphatic rings.